The number of rotatable bonds is 5. The summed E-state index contributed by atoms with van der Waals surface area (Å²) >= 11 is 5.99. The lowest BCUT2D eigenvalue weighted by molar-refractivity contribution is -0.114. The molecule has 0 radical (unpaired) electrons. The van der Waals surface area contributed by atoms with Crippen LogP contribution in [0.15, 0.2) is 34.7 Å². The Morgan fingerprint density at radius 3 is 2.70 bits per heavy atom. The third kappa shape index (κ3) is 3.76. The minimum atomic E-state index is -0.178. The van der Waals surface area contributed by atoms with E-state index in [2.05, 4.69) is 10.6 Å². The number of hydrogen-bond donors (Lipinski definition) is 3. The van der Waals surface area contributed by atoms with Gasteiger partial charge in [-0.15, -0.1) is 0 Å². The predicted molar refractivity (Wildman–Crippen MR) is 77.7 cm³/mol. The first-order chi connectivity index (χ1) is 9.58. The standard InChI is InChI=1S/C14H15ClN2O3/c1-9(19)17-14-6-10(2-5-13(14)15)16-7-11-3-4-12(8-18)20-11/h2-6,16,18H,7-8H2,1H3,(H,17,19). The van der Waals surface area contributed by atoms with Gasteiger partial charge in [-0.1, -0.05) is 11.6 Å². The number of halogens is 1. The summed E-state index contributed by atoms with van der Waals surface area (Å²) in [5.74, 6) is 1.06. The van der Waals surface area contributed by atoms with Gasteiger partial charge in [0.05, 0.1) is 17.3 Å². The van der Waals surface area contributed by atoms with E-state index >= 15 is 0 Å². The molecular formula is C14H15ClN2O3. The molecule has 2 aromatic rings. The number of aliphatic hydroxyl groups excluding tert-OH is 1. The molecule has 0 spiro atoms. The van der Waals surface area contributed by atoms with E-state index in [9.17, 15) is 4.79 Å². The first-order valence-electron chi connectivity index (χ1n) is 6.08. The van der Waals surface area contributed by atoms with Crippen LogP contribution in [0.25, 0.3) is 0 Å². The molecule has 1 amide bonds. The zero-order valence-electron chi connectivity index (χ0n) is 10.9. The number of amides is 1. The molecule has 0 saturated heterocycles. The van der Waals surface area contributed by atoms with Crippen LogP contribution in [0.1, 0.15) is 18.4 Å². The van der Waals surface area contributed by atoms with Gasteiger partial charge < -0.3 is 20.2 Å². The van der Waals surface area contributed by atoms with Crippen LogP contribution >= 0.6 is 11.6 Å². The van der Waals surface area contributed by atoms with Gasteiger partial charge in [0.25, 0.3) is 0 Å². The molecule has 1 heterocycles. The topological polar surface area (TPSA) is 74.5 Å². The summed E-state index contributed by atoms with van der Waals surface area (Å²) in [4.78, 5) is 11.1. The van der Waals surface area contributed by atoms with Crippen LogP contribution in [-0.2, 0) is 17.9 Å². The summed E-state index contributed by atoms with van der Waals surface area (Å²) in [6.45, 7) is 1.78. The molecule has 1 aromatic heterocycles. The zero-order chi connectivity index (χ0) is 14.5. The van der Waals surface area contributed by atoms with E-state index in [1.807, 2.05) is 6.07 Å². The molecule has 0 aliphatic heterocycles. The van der Waals surface area contributed by atoms with Crippen molar-refractivity contribution in [2.75, 3.05) is 10.6 Å². The smallest absolute Gasteiger partial charge is 0.221 e. The SMILES string of the molecule is CC(=O)Nc1cc(NCc2ccc(CO)o2)ccc1Cl. The van der Waals surface area contributed by atoms with Gasteiger partial charge in [0, 0.05) is 12.6 Å². The Labute approximate surface area is 121 Å². The summed E-state index contributed by atoms with van der Waals surface area (Å²) in [5, 5.41) is 15.2. The number of aliphatic hydroxyl groups is 1. The fourth-order valence-electron chi connectivity index (χ4n) is 1.71. The molecule has 1 aromatic carbocycles. The minimum Gasteiger partial charge on any atom is -0.462 e. The van der Waals surface area contributed by atoms with Crippen molar-refractivity contribution in [3.05, 3.63) is 46.9 Å². The fourth-order valence-corrected chi connectivity index (χ4v) is 1.88. The number of benzene rings is 1. The number of carbonyl (C=O) groups is 1. The Hall–Kier alpha value is -1.98. The Balaban J connectivity index is 2.03. The van der Waals surface area contributed by atoms with E-state index in [1.165, 1.54) is 6.92 Å². The van der Waals surface area contributed by atoms with Crippen molar-refractivity contribution in [2.45, 2.75) is 20.1 Å². The van der Waals surface area contributed by atoms with E-state index in [4.69, 9.17) is 21.1 Å². The molecule has 0 fully saturated rings. The number of anilines is 2. The number of hydrogen-bond acceptors (Lipinski definition) is 4. The van der Waals surface area contributed by atoms with Crippen LogP contribution in [0.3, 0.4) is 0 Å². The van der Waals surface area contributed by atoms with E-state index in [-0.39, 0.29) is 12.5 Å². The number of carbonyl (C=O) groups excluding carboxylic acids is 1. The van der Waals surface area contributed by atoms with Crippen molar-refractivity contribution in [2.24, 2.45) is 0 Å². The normalized spacial score (nSPS) is 10.3. The predicted octanol–water partition coefficient (Wildman–Crippen LogP) is 3.00. The first-order valence-corrected chi connectivity index (χ1v) is 6.45. The third-order valence-electron chi connectivity index (χ3n) is 2.62. The maximum absolute atomic E-state index is 11.1. The van der Waals surface area contributed by atoms with Crippen LogP contribution in [0.2, 0.25) is 5.02 Å². The van der Waals surface area contributed by atoms with Crippen molar-refractivity contribution in [3.63, 3.8) is 0 Å². The van der Waals surface area contributed by atoms with Crippen LogP contribution in [-0.4, -0.2) is 11.0 Å². The van der Waals surface area contributed by atoms with Crippen LogP contribution in [0.4, 0.5) is 11.4 Å². The summed E-state index contributed by atoms with van der Waals surface area (Å²) in [6.07, 6.45) is 0. The molecule has 3 N–H and O–H groups in total. The highest BCUT2D eigenvalue weighted by atomic mass is 35.5. The minimum absolute atomic E-state index is 0.117. The average molecular weight is 295 g/mol. The van der Waals surface area contributed by atoms with Gasteiger partial charge in [-0.05, 0) is 30.3 Å². The van der Waals surface area contributed by atoms with E-state index in [1.54, 1.807) is 24.3 Å². The van der Waals surface area contributed by atoms with Gasteiger partial charge in [-0.2, -0.15) is 0 Å². The Bertz CT molecular complexity index is 610. The van der Waals surface area contributed by atoms with Crippen LogP contribution in [0, 0.1) is 0 Å². The van der Waals surface area contributed by atoms with Gasteiger partial charge in [0.1, 0.15) is 18.1 Å². The lowest BCUT2D eigenvalue weighted by Gasteiger charge is -2.09. The van der Waals surface area contributed by atoms with Crippen LogP contribution in [0.5, 0.6) is 0 Å². The highest BCUT2D eigenvalue weighted by Gasteiger charge is 2.05. The fraction of sp³-hybridized carbons (Fsp3) is 0.214. The monoisotopic (exact) mass is 294 g/mol. The summed E-state index contributed by atoms with van der Waals surface area (Å²) in [5.41, 5.74) is 1.36. The highest BCUT2D eigenvalue weighted by Crippen LogP contribution is 2.25. The van der Waals surface area contributed by atoms with Gasteiger partial charge in [0.2, 0.25) is 5.91 Å². The van der Waals surface area contributed by atoms with Crippen molar-refractivity contribution in [3.8, 4) is 0 Å². The molecule has 2 rings (SSSR count). The van der Waals surface area contributed by atoms with Gasteiger partial charge in [-0.25, -0.2) is 0 Å². The Kier molecular flexibility index (Phi) is 4.65. The average Bonchev–Trinajstić information content (AvgIpc) is 2.87. The zero-order valence-corrected chi connectivity index (χ0v) is 11.7. The molecule has 20 heavy (non-hydrogen) atoms. The molecule has 0 aliphatic rings. The van der Waals surface area contributed by atoms with Crippen LogP contribution < -0.4 is 10.6 Å². The largest absolute Gasteiger partial charge is 0.462 e. The molecule has 0 saturated carbocycles. The summed E-state index contributed by atoms with van der Waals surface area (Å²) in [6, 6.07) is 8.78. The van der Waals surface area contributed by atoms with E-state index < -0.39 is 0 Å². The van der Waals surface area contributed by atoms with Crippen molar-refractivity contribution in [1.29, 1.82) is 0 Å². The Morgan fingerprint density at radius 2 is 2.05 bits per heavy atom. The molecule has 6 heteroatoms. The van der Waals surface area contributed by atoms with Gasteiger partial charge in [-0.3, -0.25) is 4.79 Å². The maximum atomic E-state index is 11.1. The second kappa shape index (κ2) is 6.45. The number of furan rings is 1. The second-order valence-corrected chi connectivity index (χ2v) is 4.66. The maximum Gasteiger partial charge on any atom is 0.221 e. The molecular weight excluding hydrogens is 280 g/mol. The molecule has 5 nitrogen and oxygen atoms in total. The first kappa shape index (κ1) is 14.4. The Morgan fingerprint density at radius 1 is 1.30 bits per heavy atom. The quantitative estimate of drug-likeness (QED) is 0.792. The number of nitrogens with one attached hydrogen (secondary N) is 2. The lowest BCUT2D eigenvalue weighted by atomic mass is 10.2. The van der Waals surface area contributed by atoms with Gasteiger partial charge >= 0.3 is 0 Å². The molecule has 0 bridgehead atoms. The molecule has 0 unspecified atom stereocenters. The summed E-state index contributed by atoms with van der Waals surface area (Å²) < 4.78 is 5.36. The van der Waals surface area contributed by atoms with E-state index in [0.29, 0.717) is 28.8 Å². The van der Waals surface area contributed by atoms with E-state index in [0.717, 1.165) is 5.69 Å². The third-order valence-corrected chi connectivity index (χ3v) is 2.95. The van der Waals surface area contributed by atoms with Gasteiger partial charge in [0.15, 0.2) is 0 Å². The second-order valence-electron chi connectivity index (χ2n) is 4.26. The van der Waals surface area contributed by atoms with Crippen molar-refractivity contribution >= 4 is 28.9 Å². The summed E-state index contributed by atoms with van der Waals surface area (Å²) in [7, 11) is 0. The molecule has 106 valence electrons. The molecule has 0 atom stereocenters. The molecule has 0 aliphatic carbocycles. The van der Waals surface area contributed by atoms with Crippen molar-refractivity contribution < 1.29 is 14.3 Å². The lowest BCUT2D eigenvalue weighted by Crippen LogP contribution is -2.07. The highest BCUT2D eigenvalue weighted by molar-refractivity contribution is 6.33. The van der Waals surface area contributed by atoms with Crippen molar-refractivity contribution in [1.82, 2.24) is 0 Å².